The van der Waals surface area contributed by atoms with Crippen LogP contribution in [0.2, 0.25) is 0 Å². The van der Waals surface area contributed by atoms with Crippen LogP contribution in [0.15, 0.2) is 21.3 Å². The molecule has 5 nitrogen and oxygen atoms in total. The Balaban J connectivity index is 3.03. The second-order valence-corrected chi connectivity index (χ2v) is 4.25. The van der Waals surface area contributed by atoms with Crippen LogP contribution in [0.3, 0.4) is 0 Å². The van der Waals surface area contributed by atoms with Crippen molar-refractivity contribution in [2.45, 2.75) is 13.1 Å². The fourth-order valence-electron chi connectivity index (χ4n) is 2.00. The van der Waals surface area contributed by atoms with Crippen molar-refractivity contribution in [3.8, 4) is 5.75 Å². The molecular formula is C13H9F3O5. The van der Waals surface area contributed by atoms with Crippen LogP contribution in [0.25, 0.3) is 11.0 Å². The predicted molar refractivity (Wildman–Crippen MR) is 65.7 cm³/mol. The highest BCUT2D eigenvalue weighted by Crippen LogP contribution is 2.35. The van der Waals surface area contributed by atoms with Crippen LogP contribution in [-0.2, 0) is 6.18 Å². The van der Waals surface area contributed by atoms with Crippen LogP contribution in [0, 0.1) is 6.92 Å². The van der Waals surface area contributed by atoms with Crippen molar-refractivity contribution in [1.82, 2.24) is 0 Å². The van der Waals surface area contributed by atoms with Gasteiger partial charge in [-0.2, -0.15) is 13.2 Å². The summed E-state index contributed by atoms with van der Waals surface area (Å²) in [5.41, 5.74) is -1.87. The van der Waals surface area contributed by atoms with E-state index in [1.807, 2.05) is 0 Å². The standard InChI is InChI=1S/C13H9F3O5/c1-5-3-7(20-2)11-10(9(5)12(18)19)6(17)4-8(21-11)13(14,15)16/h3-4H,1-2H3,(H,18,19). The van der Waals surface area contributed by atoms with E-state index in [9.17, 15) is 22.8 Å². The molecular weight excluding hydrogens is 293 g/mol. The third-order valence-electron chi connectivity index (χ3n) is 2.88. The summed E-state index contributed by atoms with van der Waals surface area (Å²) in [6.07, 6.45) is -4.87. The van der Waals surface area contributed by atoms with Gasteiger partial charge in [0.15, 0.2) is 16.8 Å². The van der Waals surface area contributed by atoms with Crippen LogP contribution in [-0.4, -0.2) is 18.2 Å². The molecule has 0 aliphatic carbocycles. The summed E-state index contributed by atoms with van der Waals surface area (Å²) in [5.74, 6) is -3.10. The van der Waals surface area contributed by atoms with E-state index in [2.05, 4.69) is 4.42 Å². The highest BCUT2D eigenvalue weighted by atomic mass is 19.4. The topological polar surface area (TPSA) is 76.7 Å². The first kappa shape index (κ1) is 14.9. The number of ether oxygens (including phenoxy) is 1. The maximum absolute atomic E-state index is 12.7. The number of alkyl halides is 3. The monoisotopic (exact) mass is 302 g/mol. The molecule has 0 aliphatic rings. The molecule has 112 valence electrons. The maximum atomic E-state index is 12.7. The summed E-state index contributed by atoms with van der Waals surface area (Å²) in [5, 5.41) is 8.69. The van der Waals surface area contributed by atoms with E-state index >= 15 is 0 Å². The Hall–Kier alpha value is -2.51. The zero-order valence-electron chi connectivity index (χ0n) is 10.9. The number of fused-ring (bicyclic) bond motifs is 1. The largest absolute Gasteiger partial charge is 0.493 e. The van der Waals surface area contributed by atoms with E-state index in [1.165, 1.54) is 20.1 Å². The summed E-state index contributed by atoms with van der Waals surface area (Å²) in [7, 11) is 1.18. The van der Waals surface area contributed by atoms with Crippen LogP contribution in [0.5, 0.6) is 5.75 Å². The molecule has 1 aromatic carbocycles. The number of carboxylic acids is 1. The average molecular weight is 302 g/mol. The number of hydrogen-bond donors (Lipinski definition) is 1. The number of carbonyl (C=O) groups is 1. The van der Waals surface area contributed by atoms with Gasteiger partial charge in [-0.3, -0.25) is 4.79 Å². The summed E-state index contributed by atoms with van der Waals surface area (Å²) in [6.45, 7) is 1.41. The van der Waals surface area contributed by atoms with Crippen molar-refractivity contribution < 1.29 is 32.2 Å². The van der Waals surface area contributed by atoms with Crippen molar-refractivity contribution in [3.05, 3.63) is 39.2 Å². The van der Waals surface area contributed by atoms with Crippen molar-refractivity contribution in [2.24, 2.45) is 0 Å². The van der Waals surface area contributed by atoms with Crippen molar-refractivity contribution in [1.29, 1.82) is 0 Å². The van der Waals surface area contributed by atoms with Gasteiger partial charge < -0.3 is 14.3 Å². The summed E-state index contributed by atoms with van der Waals surface area (Å²) < 4.78 is 47.6. The van der Waals surface area contributed by atoms with Gasteiger partial charge in [0.05, 0.1) is 18.1 Å². The third kappa shape index (κ3) is 2.44. The molecule has 0 spiro atoms. The molecule has 1 heterocycles. The van der Waals surface area contributed by atoms with Crippen LogP contribution < -0.4 is 10.2 Å². The number of methoxy groups -OCH3 is 1. The van der Waals surface area contributed by atoms with Gasteiger partial charge in [-0.15, -0.1) is 0 Å². The lowest BCUT2D eigenvalue weighted by atomic mass is 10.0. The molecule has 8 heteroatoms. The molecule has 0 amide bonds. The number of rotatable bonds is 2. The molecule has 0 saturated carbocycles. The molecule has 0 aliphatic heterocycles. The number of aryl methyl sites for hydroxylation is 1. The van der Waals surface area contributed by atoms with Gasteiger partial charge in [0.2, 0.25) is 5.76 Å². The van der Waals surface area contributed by atoms with Crippen LogP contribution >= 0.6 is 0 Å². The Morgan fingerprint density at radius 2 is 1.95 bits per heavy atom. The minimum atomic E-state index is -4.87. The van der Waals surface area contributed by atoms with E-state index in [0.717, 1.165) is 0 Å². The summed E-state index contributed by atoms with van der Waals surface area (Å²) >= 11 is 0. The van der Waals surface area contributed by atoms with Gasteiger partial charge in [0.25, 0.3) is 0 Å². The van der Waals surface area contributed by atoms with E-state index in [0.29, 0.717) is 0 Å². The molecule has 0 fully saturated rings. The zero-order chi connectivity index (χ0) is 15.9. The van der Waals surface area contributed by atoms with Crippen molar-refractivity contribution >= 4 is 16.9 Å². The summed E-state index contributed by atoms with van der Waals surface area (Å²) in [4.78, 5) is 23.1. The Morgan fingerprint density at radius 1 is 1.33 bits per heavy atom. The van der Waals surface area contributed by atoms with E-state index in [1.54, 1.807) is 0 Å². The Kier molecular flexibility index (Phi) is 3.40. The van der Waals surface area contributed by atoms with Crippen LogP contribution in [0.4, 0.5) is 13.2 Å². The summed E-state index contributed by atoms with van der Waals surface area (Å²) in [6, 6.07) is 1.43. The molecule has 0 unspecified atom stereocenters. The molecule has 2 rings (SSSR count). The zero-order valence-corrected chi connectivity index (χ0v) is 10.9. The normalized spacial score (nSPS) is 11.7. The fourth-order valence-corrected chi connectivity index (χ4v) is 2.00. The number of carboxylic acid groups (broad SMARTS) is 1. The van der Waals surface area contributed by atoms with Crippen molar-refractivity contribution in [2.75, 3.05) is 7.11 Å². The third-order valence-corrected chi connectivity index (χ3v) is 2.88. The number of benzene rings is 1. The van der Waals surface area contributed by atoms with Gasteiger partial charge in [0.1, 0.15) is 0 Å². The quantitative estimate of drug-likeness (QED) is 0.923. The lowest BCUT2D eigenvalue weighted by molar-refractivity contribution is -0.152. The second-order valence-electron chi connectivity index (χ2n) is 4.25. The van der Waals surface area contributed by atoms with E-state index < -0.39 is 39.9 Å². The number of halogens is 3. The van der Waals surface area contributed by atoms with Gasteiger partial charge in [-0.1, -0.05) is 0 Å². The second kappa shape index (κ2) is 4.80. The first-order chi connectivity index (χ1) is 9.66. The van der Waals surface area contributed by atoms with Gasteiger partial charge in [-0.25, -0.2) is 4.79 Å². The fraction of sp³-hybridized carbons (Fsp3) is 0.231. The molecule has 0 bridgehead atoms. The average Bonchev–Trinajstić information content (AvgIpc) is 2.36. The molecule has 1 N–H and O–H groups in total. The molecule has 0 atom stereocenters. The smallest absolute Gasteiger partial charge is 0.449 e. The van der Waals surface area contributed by atoms with Gasteiger partial charge in [-0.05, 0) is 18.6 Å². The highest BCUT2D eigenvalue weighted by molar-refractivity contribution is 6.05. The molecule has 1 aromatic heterocycles. The highest BCUT2D eigenvalue weighted by Gasteiger charge is 2.36. The first-order valence-corrected chi connectivity index (χ1v) is 5.62. The lowest BCUT2D eigenvalue weighted by Gasteiger charge is -2.12. The molecule has 0 radical (unpaired) electrons. The Bertz CT molecular complexity index is 789. The lowest BCUT2D eigenvalue weighted by Crippen LogP contribution is -2.15. The Labute approximate surface area is 115 Å². The molecule has 21 heavy (non-hydrogen) atoms. The SMILES string of the molecule is COc1cc(C)c(C(=O)O)c2c(=O)cc(C(F)(F)F)oc12. The first-order valence-electron chi connectivity index (χ1n) is 5.62. The van der Waals surface area contributed by atoms with Crippen LogP contribution in [0.1, 0.15) is 21.7 Å². The van der Waals surface area contributed by atoms with Gasteiger partial charge in [0, 0.05) is 6.07 Å². The molecule has 2 aromatic rings. The van der Waals surface area contributed by atoms with E-state index in [4.69, 9.17) is 9.84 Å². The number of hydrogen-bond acceptors (Lipinski definition) is 4. The Morgan fingerprint density at radius 3 is 2.43 bits per heavy atom. The van der Waals surface area contributed by atoms with E-state index in [-0.39, 0.29) is 17.4 Å². The minimum Gasteiger partial charge on any atom is -0.493 e. The maximum Gasteiger partial charge on any atom is 0.449 e. The minimum absolute atomic E-state index is 0.143. The molecule has 0 saturated heterocycles. The van der Waals surface area contributed by atoms with Crippen molar-refractivity contribution in [3.63, 3.8) is 0 Å². The predicted octanol–water partition coefficient (Wildman–Crippen LogP) is 2.83. The number of aromatic carboxylic acids is 1. The van der Waals surface area contributed by atoms with Gasteiger partial charge >= 0.3 is 12.1 Å².